The van der Waals surface area contributed by atoms with Gasteiger partial charge < -0.3 is 5.73 Å². The number of aryl methyl sites for hydroxylation is 1. The van der Waals surface area contributed by atoms with E-state index in [1.165, 1.54) is 0 Å². The molecule has 0 aliphatic carbocycles. The van der Waals surface area contributed by atoms with Gasteiger partial charge in [0, 0.05) is 6.42 Å². The third-order valence-corrected chi connectivity index (χ3v) is 1.84. The molecule has 0 aliphatic rings. The van der Waals surface area contributed by atoms with E-state index in [-0.39, 0.29) is 0 Å². The Morgan fingerprint density at radius 3 is 3.00 bits per heavy atom. The summed E-state index contributed by atoms with van der Waals surface area (Å²) in [5.74, 6) is 1.59. The Morgan fingerprint density at radius 1 is 1.42 bits per heavy atom. The number of hydrogen-bond acceptors (Lipinski definition) is 3. The van der Waals surface area contributed by atoms with Gasteiger partial charge in [0.15, 0.2) is 5.65 Å². The van der Waals surface area contributed by atoms with Gasteiger partial charge in [0.25, 0.3) is 0 Å². The normalized spacial score (nSPS) is 10.8. The zero-order valence-electron chi connectivity index (χ0n) is 6.86. The summed E-state index contributed by atoms with van der Waals surface area (Å²) in [5, 5.41) is 7.99. The largest absolute Gasteiger partial charge is 0.385 e. The van der Waals surface area contributed by atoms with Crippen molar-refractivity contribution in [3.8, 4) is 0 Å². The number of aromatic nitrogens is 3. The van der Waals surface area contributed by atoms with Gasteiger partial charge in [0.05, 0.1) is 0 Å². The lowest BCUT2D eigenvalue weighted by molar-refractivity contribution is 0.914. The van der Waals surface area contributed by atoms with E-state index in [1.54, 1.807) is 0 Å². The SMILES string of the molecule is CCc1nnc2cccc(N)n12. The maximum atomic E-state index is 5.76. The van der Waals surface area contributed by atoms with Gasteiger partial charge in [-0.25, -0.2) is 0 Å². The van der Waals surface area contributed by atoms with Crippen molar-refractivity contribution in [3.63, 3.8) is 0 Å². The van der Waals surface area contributed by atoms with Crippen LogP contribution in [0.1, 0.15) is 12.7 Å². The summed E-state index contributed by atoms with van der Waals surface area (Å²) in [4.78, 5) is 0. The molecule has 0 bridgehead atoms. The van der Waals surface area contributed by atoms with Gasteiger partial charge >= 0.3 is 0 Å². The van der Waals surface area contributed by atoms with Gasteiger partial charge in [0.2, 0.25) is 0 Å². The first-order valence-corrected chi connectivity index (χ1v) is 3.91. The molecule has 0 radical (unpaired) electrons. The first kappa shape index (κ1) is 7.09. The molecule has 2 aromatic heterocycles. The summed E-state index contributed by atoms with van der Waals surface area (Å²) in [7, 11) is 0. The molecule has 4 nitrogen and oxygen atoms in total. The summed E-state index contributed by atoms with van der Waals surface area (Å²) in [6, 6.07) is 5.61. The first-order chi connectivity index (χ1) is 5.83. The fraction of sp³-hybridized carbons (Fsp3) is 0.250. The highest BCUT2D eigenvalue weighted by molar-refractivity contribution is 5.47. The van der Waals surface area contributed by atoms with Crippen LogP contribution in [0.4, 0.5) is 5.82 Å². The second-order valence-electron chi connectivity index (χ2n) is 2.61. The second-order valence-corrected chi connectivity index (χ2v) is 2.61. The zero-order valence-corrected chi connectivity index (χ0v) is 6.86. The van der Waals surface area contributed by atoms with Crippen molar-refractivity contribution in [1.29, 1.82) is 0 Å². The Balaban J connectivity index is 2.83. The van der Waals surface area contributed by atoms with Crippen LogP contribution < -0.4 is 5.73 Å². The highest BCUT2D eigenvalue weighted by Crippen LogP contribution is 2.09. The molecule has 0 fully saturated rings. The molecule has 0 unspecified atom stereocenters. The molecular weight excluding hydrogens is 152 g/mol. The second kappa shape index (κ2) is 2.48. The van der Waals surface area contributed by atoms with Crippen molar-refractivity contribution in [3.05, 3.63) is 24.0 Å². The molecule has 0 saturated heterocycles. The number of hydrogen-bond donors (Lipinski definition) is 1. The minimum absolute atomic E-state index is 0.689. The van der Waals surface area contributed by atoms with Gasteiger partial charge in [0.1, 0.15) is 11.6 Å². The lowest BCUT2D eigenvalue weighted by Crippen LogP contribution is -1.99. The molecule has 2 rings (SSSR count). The van der Waals surface area contributed by atoms with E-state index in [9.17, 15) is 0 Å². The molecule has 2 N–H and O–H groups in total. The van der Waals surface area contributed by atoms with Crippen LogP contribution in [-0.2, 0) is 6.42 Å². The van der Waals surface area contributed by atoms with E-state index in [4.69, 9.17) is 5.73 Å². The smallest absolute Gasteiger partial charge is 0.162 e. The van der Waals surface area contributed by atoms with Crippen LogP contribution in [-0.4, -0.2) is 14.6 Å². The zero-order chi connectivity index (χ0) is 8.55. The Bertz CT molecular complexity index is 404. The minimum Gasteiger partial charge on any atom is -0.385 e. The van der Waals surface area contributed by atoms with E-state index in [1.807, 2.05) is 29.5 Å². The molecule has 0 atom stereocenters. The average molecular weight is 162 g/mol. The van der Waals surface area contributed by atoms with Gasteiger partial charge in [-0.2, -0.15) is 0 Å². The van der Waals surface area contributed by atoms with E-state index < -0.39 is 0 Å². The minimum atomic E-state index is 0.689. The van der Waals surface area contributed by atoms with Crippen LogP contribution in [0.2, 0.25) is 0 Å². The Hall–Kier alpha value is -1.58. The summed E-state index contributed by atoms with van der Waals surface area (Å²) in [6.45, 7) is 2.03. The molecule has 0 amide bonds. The number of fused-ring (bicyclic) bond motifs is 1. The van der Waals surface area contributed by atoms with E-state index in [2.05, 4.69) is 10.2 Å². The van der Waals surface area contributed by atoms with Gasteiger partial charge in [-0.05, 0) is 12.1 Å². The third-order valence-electron chi connectivity index (χ3n) is 1.84. The number of nitrogens with two attached hydrogens (primary N) is 1. The van der Waals surface area contributed by atoms with Gasteiger partial charge in [-0.3, -0.25) is 4.40 Å². The Kier molecular flexibility index (Phi) is 1.46. The molecule has 0 saturated carbocycles. The van der Waals surface area contributed by atoms with Crippen molar-refractivity contribution in [2.24, 2.45) is 0 Å². The number of rotatable bonds is 1. The van der Waals surface area contributed by atoms with Crippen LogP contribution in [0, 0.1) is 0 Å². The maximum Gasteiger partial charge on any atom is 0.162 e. The predicted octanol–water partition coefficient (Wildman–Crippen LogP) is 0.874. The number of pyridine rings is 1. The molecule has 0 aliphatic heterocycles. The molecule has 0 spiro atoms. The summed E-state index contributed by atoms with van der Waals surface area (Å²) in [6.07, 6.45) is 0.843. The molecular formula is C8H10N4. The van der Waals surface area contributed by atoms with Crippen molar-refractivity contribution in [2.45, 2.75) is 13.3 Å². The summed E-state index contributed by atoms with van der Waals surface area (Å²) < 4.78 is 1.86. The maximum absolute atomic E-state index is 5.76. The van der Waals surface area contributed by atoms with E-state index in [0.29, 0.717) is 5.82 Å². The molecule has 0 aromatic carbocycles. The Labute approximate surface area is 70.0 Å². The quantitative estimate of drug-likeness (QED) is 0.677. The monoisotopic (exact) mass is 162 g/mol. The lowest BCUT2D eigenvalue weighted by Gasteiger charge is -1.99. The number of nitrogens with zero attached hydrogens (tertiary/aromatic N) is 3. The number of anilines is 1. The standard InChI is InChI=1S/C8H10N4/c1-2-7-10-11-8-5-3-4-6(9)12(7)8/h3-5H,2,9H2,1H3. The average Bonchev–Trinajstić information content (AvgIpc) is 2.49. The first-order valence-electron chi connectivity index (χ1n) is 3.91. The topological polar surface area (TPSA) is 56.2 Å². The predicted molar refractivity (Wildman–Crippen MR) is 46.8 cm³/mol. The van der Waals surface area contributed by atoms with Gasteiger partial charge in [-0.15, -0.1) is 10.2 Å². The van der Waals surface area contributed by atoms with Crippen LogP contribution in [0.15, 0.2) is 18.2 Å². The van der Waals surface area contributed by atoms with E-state index >= 15 is 0 Å². The third kappa shape index (κ3) is 0.845. The fourth-order valence-corrected chi connectivity index (χ4v) is 1.26. The van der Waals surface area contributed by atoms with E-state index in [0.717, 1.165) is 17.9 Å². The molecule has 4 heteroatoms. The highest BCUT2D eigenvalue weighted by atomic mass is 15.3. The van der Waals surface area contributed by atoms with Crippen LogP contribution in [0.5, 0.6) is 0 Å². The molecule has 2 heterocycles. The van der Waals surface area contributed by atoms with Crippen molar-refractivity contribution < 1.29 is 0 Å². The van der Waals surface area contributed by atoms with Crippen molar-refractivity contribution in [2.75, 3.05) is 5.73 Å². The fourth-order valence-electron chi connectivity index (χ4n) is 1.26. The number of nitrogen functional groups attached to an aromatic ring is 1. The summed E-state index contributed by atoms with van der Waals surface area (Å²) in [5.41, 5.74) is 6.57. The lowest BCUT2D eigenvalue weighted by atomic mass is 10.4. The van der Waals surface area contributed by atoms with Crippen LogP contribution >= 0.6 is 0 Å². The van der Waals surface area contributed by atoms with Crippen molar-refractivity contribution in [1.82, 2.24) is 14.6 Å². The van der Waals surface area contributed by atoms with Gasteiger partial charge in [-0.1, -0.05) is 13.0 Å². The molecule has 2 aromatic rings. The highest BCUT2D eigenvalue weighted by Gasteiger charge is 2.03. The molecule has 62 valence electrons. The van der Waals surface area contributed by atoms with Crippen LogP contribution in [0.25, 0.3) is 5.65 Å². The molecule has 12 heavy (non-hydrogen) atoms. The van der Waals surface area contributed by atoms with Crippen LogP contribution in [0.3, 0.4) is 0 Å². The summed E-state index contributed by atoms with van der Waals surface area (Å²) >= 11 is 0. The van der Waals surface area contributed by atoms with Crippen molar-refractivity contribution >= 4 is 11.5 Å². The Morgan fingerprint density at radius 2 is 2.25 bits per heavy atom.